The van der Waals surface area contributed by atoms with Crippen molar-refractivity contribution in [1.82, 2.24) is 14.9 Å². The Labute approximate surface area is 191 Å². The Morgan fingerprint density at radius 1 is 1.14 bits per heavy atom. The summed E-state index contributed by atoms with van der Waals surface area (Å²) in [7, 11) is 0. The molecule has 1 aromatic carbocycles. The van der Waals surface area contributed by atoms with Crippen molar-refractivity contribution in [2.45, 2.75) is 30.6 Å². The molecule has 1 saturated heterocycles. The van der Waals surface area contributed by atoms with Gasteiger partial charge >= 0.3 is 35.7 Å². The molecule has 3 rings (SSSR count). The van der Waals surface area contributed by atoms with E-state index in [4.69, 9.17) is 4.74 Å². The number of alkyl halides is 3. The zero-order valence-electron chi connectivity index (χ0n) is 17.1. The molecule has 9 heteroatoms. The molecular formula is C19H23F3N3NaOS. The second kappa shape index (κ2) is 10.8. The fourth-order valence-corrected chi connectivity index (χ4v) is 3.40. The van der Waals surface area contributed by atoms with Crippen LogP contribution in [0.3, 0.4) is 0 Å². The average molecular weight is 421 g/mol. The van der Waals surface area contributed by atoms with Gasteiger partial charge in [0.2, 0.25) is 5.88 Å². The topological polar surface area (TPSA) is 38.2 Å². The second-order valence-corrected chi connectivity index (χ2v) is 7.18. The van der Waals surface area contributed by atoms with E-state index in [9.17, 15) is 13.2 Å². The second-order valence-electron chi connectivity index (χ2n) is 6.41. The van der Waals surface area contributed by atoms with Crippen LogP contribution in [0, 0.1) is 0 Å². The fraction of sp³-hybridized carbons (Fsp3) is 0.474. The van der Waals surface area contributed by atoms with Crippen LogP contribution in [0.25, 0.3) is 11.3 Å². The van der Waals surface area contributed by atoms with Gasteiger partial charge in [0.1, 0.15) is 6.61 Å². The molecule has 28 heavy (non-hydrogen) atoms. The van der Waals surface area contributed by atoms with Gasteiger partial charge in [-0.15, -0.1) is 0 Å². The number of benzene rings is 1. The van der Waals surface area contributed by atoms with Crippen molar-refractivity contribution < 1.29 is 48.9 Å². The van der Waals surface area contributed by atoms with Crippen molar-refractivity contribution in [2.75, 3.05) is 32.5 Å². The monoisotopic (exact) mass is 421 g/mol. The number of hydrogen-bond donors (Lipinski definition) is 0. The van der Waals surface area contributed by atoms with Gasteiger partial charge in [-0.25, -0.2) is 4.98 Å². The Balaban J connectivity index is 0.00000210. The van der Waals surface area contributed by atoms with Crippen LogP contribution in [0.5, 0.6) is 5.88 Å². The predicted molar refractivity (Wildman–Crippen MR) is 101 cm³/mol. The molecule has 2 aromatic rings. The van der Waals surface area contributed by atoms with Gasteiger partial charge in [-0.1, -0.05) is 30.3 Å². The first-order valence-electron chi connectivity index (χ1n) is 8.91. The van der Waals surface area contributed by atoms with Crippen molar-refractivity contribution in [3.8, 4) is 17.1 Å². The molecule has 0 spiro atoms. The largest absolute Gasteiger partial charge is 1.00 e. The summed E-state index contributed by atoms with van der Waals surface area (Å²) in [6.07, 6.45) is 1.14. The Hall–Kier alpha value is -0.800. The SMILES string of the molecule is CSc1nc(OCCN2CCCCC2)cc(-c2cccc(C(F)(F)F)c2)n1.[H-].[Na+]. The molecule has 0 unspecified atom stereocenters. The molecule has 1 aliphatic rings. The van der Waals surface area contributed by atoms with Crippen LogP contribution in [-0.4, -0.2) is 47.4 Å². The number of halogens is 3. The van der Waals surface area contributed by atoms with E-state index in [2.05, 4.69) is 14.9 Å². The molecule has 0 atom stereocenters. The van der Waals surface area contributed by atoms with Crippen LogP contribution in [0.2, 0.25) is 0 Å². The van der Waals surface area contributed by atoms with Gasteiger partial charge in [0.05, 0.1) is 11.3 Å². The van der Waals surface area contributed by atoms with Gasteiger partial charge in [0.25, 0.3) is 0 Å². The third-order valence-electron chi connectivity index (χ3n) is 4.46. The maximum Gasteiger partial charge on any atom is 1.00 e. The van der Waals surface area contributed by atoms with E-state index >= 15 is 0 Å². The third kappa shape index (κ3) is 6.62. The summed E-state index contributed by atoms with van der Waals surface area (Å²) in [6, 6.07) is 6.75. The third-order valence-corrected chi connectivity index (χ3v) is 5.00. The van der Waals surface area contributed by atoms with Crippen LogP contribution in [0.4, 0.5) is 13.2 Å². The Morgan fingerprint density at radius 2 is 1.89 bits per heavy atom. The van der Waals surface area contributed by atoms with Gasteiger partial charge in [-0.05, 0) is 44.3 Å². The molecule has 0 amide bonds. The first-order chi connectivity index (χ1) is 13.0. The number of hydrogen-bond acceptors (Lipinski definition) is 5. The molecule has 1 aromatic heterocycles. The number of nitrogens with zero attached hydrogens (tertiary/aromatic N) is 3. The van der Waals surface area contributed by atoms with Crippen LogP contribution >= 0.6 is 11.8 Å². The van der Waals surface area contributed by atoms with E-state index in [0.29, 0.717) is 28.9 Å². The minimum Gasteiger partial charge on any atom is -1.00 e. The minimum absolute atomic E-state index is 0. The summed E-state index contributed by atoms with van der Waals surface area (Å²) in [5.41, 5.74) is 0.119. The molecule has 0 saturated carbocycles. The molecule has 0 radical (unpaired) electrons. The van der Waals surface area contributed by atoms with E-state index < -0.39 is 11.7 Å². The maximum absolute atomic E-state index is 13.0. The summed E-state index contributed by atoms with van der Waals surface area (Å²) in [5, 5.41) is 0.470. The van der Waals surface area contributed by atoms with Crippen molar-refractivity contribution in [3.63, 3.8) is 0 Å². The molecule has 148 valence electrons. The van der Waals surface area contributed by atoms with Crippen molar-refractivity contribution in [2.24, 2.45) is 0 Å². The first-order valence-corrected chi connectivity index (χ1v) is 10.1. The van der Waals surface area contributed by atoms with Crippen molar-refractivity contribution in [3.05, 3.63) is 35.9 Å². The smallest absolute Gasteiger partial charge is 1.00 e. The predicted octanol–water partition coefficient (Wildman–Crippen LogP) is 1.87. The van der Waals surface area contributed by atoms with Crippen LogP contribution in [0.15, 0.2) is 35.5 Å². The summed E-state index contributed by atoms with van der Waals surface area (Å²) >= 11 is 1.33. The summed E-state index contributed by atoms with van der Waals surface area (Å²) < 4.78 is 44.7. The molecule has 0 bridgehead atoms. The van der Waals surface area contributed by atoms with E-state index in [-0.39, 0.29) is 31.0 Å². The minimum atomic E-state index is -4.39. The molecule has 1 fully saturated rings. The van der Waals surface area contributed by atoms with Gasteiger partial charge in [-0.2, -0.15) is 18.2 Å². The van der Waals surface area contributed by atoms with E-state index in [1.54, 1.807) is 12.1 Å². The number of thioether (sulfide) groups is 1. The zero-order valence-corrected chi connectivity index (χ0v) is 18.9. The summed E-state index contributed by atoms with van der Waals surface area (Å²) in [5.74, 6) is 0.388. The van der Waals surface area contributed by atoms with Gasteiger partial charge in [0.15, 0.2) is 5.16 Å². The number of rotatable bonds is 6. The molecule has 0 N–H and O–H groups in total. The van der Waals surface area contributed by atoms with Crippen LogP contribution in [0.1, 0.15) is 26.3 Å². The molecule has 0 aliphatic carbocycles. The fourth-order valence-electron chi connectivity index (χ4n) is 3.03. The Kier molecular flexibility index (Phi) is 9.08. The van der Waals surface area contributed by atoms with Crippen LogP contribution < -0.4 is 34.3 Å². The Morgan fingerprint density at radius 3 is 2.57 bits per heavy atom. The van der Waals surface area contributed by atoms with E-state index in [1.165, 1.54) is 37.1 Å². The number of likely N-dealkylation sites (tertiary alicyclic amines) is 1. The molecular weight excluding hydrogens is 398 g/mol. The quantitative estimate of drug-likeness (QED) is 0.405. The standard InChI is InChI=1S/C19H22F3N3OS.Na.H/c1-27-18-23-16(14-6-5-7-15(12-14)19(20,21)22)13-17(24-18)26-11-10-25-8-3-2-4-9-25;;/h5-7,12-13H,2-4,8-11H2,1H3;;/q;+1;-1. The first kappa shape index (κ1) is 23.5. The number of aromatic nitrogens is 2. The van der Waals surface area contributed by atoms with Gasteiger partial charge < -0.3 is 6.16 Å². The molecule has 4 nitrogen and oxygen atoms in total. The van der Waals surface area contributed by atoms with E-state index in [0.717, 1.165) is 31.8 Å². The average Bonchev–Trinajstić information content (AvgIpc) is 2.68. The maximum atomic E-state index is 13.0. The summed E-state index contributed by atoms with van der Waals surface area (Å²) in [4.78, 5) is 11.0. The van der Waals surface area contributed by atoms with Gasteiger partial charge in [-0.3, -0.25) is 4.90 Å². The van der Waals surface area contributed by atoms with Crippen molar-refractivity contribution in [1.29, 1.82) is 0 Å². The molecule has 1 aliphatic heterocycles. The van der Waals surface area contributed by atoms with Crippen molar-refractivity contribution >= 4 is 11.8 Å². The number of ether oxygens (including phenoxy) is 1. The van der Waals surface area contributed by atoms with Crippen LogP contribution in [-0.2, 0) is 6.18 Å². The molecule has 2 heterocycles. The summed E-state index contributed by atoms with van der Waals surface area (Å²) in [6.45, 7) is 3.47. The Bertz CT molecular complexity index is 777. The van der Waals surface area contributed by atoms with E-state index in [1.807, 2.05) is 6.26 Å². The number of piperidine rings is 1. The zero-order chi connectivity index (χ0) is 19.3. The normalized spacial score (nSPS) is 15.1. The van der Waals surface area contributed by atoms with Gasteiger partial charge in [0, 0.05) is 18.2 Å².